The zero-order chi connectivity index (χ0) is 17.9. The fraction of sp³-hybridized carbons (Fsp3) is 0.650. The maximum atomic E-state index is 13.0. The first-order chi connectivity index (χ1) is 11.3. The van der Waals surface area contributed by atoms with Crippen LogP contribution < -0.4 is 0 Å². The molecule has 24 heavy (non-hydrogen) atoms. The Bertz CT molecular complexity index is 558. The molecule has 4 heteroatoms. The Hall–Kier alpha value is -1.55. The second-order valence-electron chi connectivity index (χ2n) is 7.76. The first-order valence-electron chi connectivity index (χ1n) is 9.01. The fourth-order valence-corrected chi connectivity index (χ4v) is 3.96. The molecule has 1 aromatic rings. The van der Waals surface area contributed by atoms with Crippen LogP contribution in [0.1, 0.15) is 51.7 Å². The molecule has 0 heterocycles. The lowest BCUT2D eigenvalue weighted by Crippen LogP contribution is -2.42. The molecule has 0 radical (unpaired) electrons. The zero-order valence-electron chi connectivity index (χ0n) is 15.3. The van der Waals surface area contributed by atoms with E-state index in [-0.39, 0.29) is 24.1 Å². The number of phenolic OH excluding ortho intramolecular Hbond substituents is 1. The van der Waals surface area contributed by atoms with Gasteiger partial charge in [-0.25, -0.2) is 0 Å². The van der Waals surface area contributed by atoms with Crippen LogP contribution >= 0.6 is 0 Å². The lowest BCUT2D eigenvalue weighted by Gasteiger charge is -2.38. The van der Waals surface area contributed by atoms with Gasteiger partial charge in [-0.15, -0.1) is 0 Å². The number of likely N-dealkylation sites (N-methyl/N-ethyl adjacent to an activating group) is 1. The summed E-state index contributed by atoms with van der Waals surface area (Å²) in [5.74, 6) is 1.82. The normalized spacial score (nSPS) is 25.5. The molecule has 2 rings (SSSR count). The Morgan fingerprint density at radius 3 is 2.67 bits per heavy atom. The predicted octanol–water partition coefficient (Wildman–Crippen LogP) is 3.59. The number of carbonyl (C=O) groups excluding carboxylic acids is 1. The van der Waals surface area contributed by atoms with Crippen LogP contribution in [-0.2, 0) is 4.79 Å². The molecule has 0 saturated heterocycles. The van der Waals surface area contributed by atoms with Gasteiger partial charge in [0.15, 0.2) is 0 Å². The Morgan fingerprint density at radius 2 is 2.04 bits per heavy atom. The van der Waals surface area contributed by atoms with E-state index in [9.17, 15) is 15.0 Å². The van der Waals surface area contributed by atoms with Crippen LogP contribution in [0.5, 0.6) is 5.75 Å². The van der Waals surface area contributed by atoms with Gasteiger partial charge in [-0.2, -0.15) is 0 Å². The van der Waals surface area contributed by atoms with Gasteiger partial charge in [0.1, 0.15) is 5.75 Å². The van der Waals surface area contributed by atoms with Crippen molar-refractivity contribution in [1.82, 2.24) is 4.90 Å². The van der Waals surface area contributed by atoms with Crippen LogP contribution in [0, 0.1) is 23.7 Å². The second kappa shape index (κ2) is 8.02. The van der Waals surface area contributed by atoms with Crippen molar-refractivity contribution in [2.24, 2.45) is 23.7 Å². The van der Waals surface area contributed by atoms with Gasteiger partial charge in [-0.1, -0.05) is 39.3 Å². The minimum Gasteiger partial charge on any atom is -0.508 e. The minimum atomic E-state index is -0.787. The third kappa shape index (κ3) is 4.50. The molecule has 0 aliphatic heterocycles. The van der Waals surface area contributed by atoms with E-state index in [1.807, 2.05) is 0 Å². The largest absolute Gasteiger partial charge is 0.508 e. The lowest BCUT2D eigenvalue weighted by atomic mass is 9.69. The average molecular weight is 333 g/mol. The maximum absolute atomic E-state index is 13.0. The summed E-state index contributed by atoms with van der Waals surface area (Å²) in [5.41, 5.74) is 0.632. The summed E-state index contributed by atoms with van der Waals surface area (Å²) in [5, 5.41) is 19.9. The summed E-state index contributed by atoms with van der Waals surface area (Å²) < 4.78 is 0. The third-order valence-corrected chi connectivity index (χ3v) is 5.42. The summed E-state index contributed by atoms with van der Waals surface area (Å²) >= 11 is 0. The molecule has 2 N–H and O–H groups in total. The molecule has 134 valence electrons. The van der Waals surface area contributed by atoms with E-state index in [1.54, 1.807) is 36.2 Å². The number of benzene rings is 1. The summed E-state index contributed by atoms with van der Waals surface area (Å²) in [7, 11) is 1.77. The summed E-state index contributed by atoms with van der Waals surface area (Å²) in [6, 6.07) is 6.58. The van der Waals surface area contributed by atoms with E-state index in [2.05, 4.69) is 20.8 Å². The van der Waals surface area contributed by atoms with Crippen LogP contribution in [0.4, 0.5) is 0 Å². The van der Waals surface area contributed by atoms with Crippen molar-refractivity contribution in [3.8, 4) is 5.75 Å². The number of amides is 1. The topological polar surface area (TPSA) is 60.8 Å². The van der Waals surface area contributed by atoms with Crippen molar-refractivity contribution < 1.29 is 15.0 Å². The molecule has 0 aromatic heterocycles. The molecule has 1 aromatic carbocycles. The standard InChI is InChI=1S/C20H31NO3/c1-13(2)17-9-8-14(3)10-18(17)20(24)21(4)12-19(23)15-6-5-7-16(22)11-15/h5-7,11,13-14,17-19,22-23H,8-10,12H2,1-4H3/t14?,17-,18+,19?/m0/s1. The molecule has 4 atom stereocenters. The quantitative estimate of drug-likeness (QED) is 0.865. The van der Waals surface area contributed by atoms with Gasteiger partial charge in [0.2, 0.25) is 5.91 Å². The fourth-order valence-electron chi connectivity index (χ4n) is 3.96. The van der Waals surface area contributed by atoms with Crippen LogP contribution in [0.2, 0.25) is 0 Å². The highest BCUT2D eigenvalue weighted by Crippen LogP contribution is 2.39. The van der Waals surface area contributed by atoms with E-state index in [4.69, 9.17) is 0 Å². The highest BCUT2D eigenvalue weighted by atomic mass is 16.3. The van der Waals surface area contributed by atoms with Gasteiger partial charge < -0.3 is 15.1 Å². The third-order valence-electron chi connectivity index (χ3n) is 5.42. The van der Waals surface area contributed by atoms with Crippen molar-refractivity contribution in [3.05, 3.63) is 29.8 Å². The van der Waals surface area contributed by atoms with Gasteiger partial charge in [0, 0.05) is 13.0 Å². The number of nitrogens with zero attached hydrogens (tertiary/aromatic N) is 1. The van der Waals surface area contributed by atoms with Gasteiger partial charge in [-0.05, 0) is 48.3 Å². The van der Waals surface area contributed by atoms with E-state index < -0.39 is 6.10 Å². The van der Waals surface area contributed by atoms with Crippen molar-refractivity contribution in [2.45, 2.75) is 46.1 Å². The van der Waals surface area contributed by atoms with Crippen LogP contribution in [-0.4, -0.2) is 34.6 Å². The molecule has 1 aliphatic carbocycles. The molecular weight excluding hydrogens is 302 g/mol. The van der Waals surface area contributed by atoms with Crippen molar-refractivity contribution in [3.63, 3.8) is 0 Å². The van der Waals surface area contributed by atoms with Crippen molar-refractivity contribution in [1.29, 1.82) is 0 Å². The molecule has 0 spiro atoms. The number of carbonyl (C=O) groups is 1. The SMILES string of the molecule is CC1CC[C@@H](C(C)C)[C@H](C(=O)N(C)CC(O)c2cccc(O)c2)C1. The predicted molar refractivity (Wildman–Crippen MR) is 95.5 cm³/mol. The van der Waals surface area contributed by atoms with Crippen LogP contribution in [0.3, 0.4) is 0 Å². The molecule has 1 fully saturated rings. The van der Waals surface area contributed by atoms with E-state index >= 15 is 0 Å². The summed E-state index contributed by atoms with van der Waals surface area (Å²) in [6.45, 7) is 6.86. The average Bonchev–Trinajstić information content (AvgIpc) is 2.53. The Kier molecular flexibility index (Phi) is 6.27. The minimum absolute atomic E-state index is 0.0510. The highest BCUT2D eigenvalue weighted by Gasteiger charge is 2.37. The van der Waals surface area contributed by atoms with Crippen LogP contribution in [0.15, 0.2) is 24.3 Å². The molecule has 2 unspecified atom stereocenters. The van der Waals surface area contributed by atoms with Gasteiger partial charge in [0.25, 0.3) is 0 Å². The Morgan fingerprint density at radius 1 is 1.33 bits per heavy atom. The smallest absolute Gasteiger partial charge is 0.225 e. The van der Waals surface area contributed by atoms with Crippen molar-refractivity contribution in [2.75, 3.05) is 13.6 Å². The first kappa shape index (κ1) is 18.8. The van der Waals surface area contributed by atoms with Crippen molar-refractivity contribution >= 4 is 5.91 Å². The Labute approximate surface area is 145 Å². The number of rotatable bonds is 5. The number of hydrogen-bond donors (Lipinski definition) is 2. The highest BCUT2D eigenvalue weighted by molar-refractivity contribution is 5.79. The lowest BCUT2D eigenvalue weighted by molar-refractivity contribution is -0.140. The maximum Gasteiger partial charge on any atom is 0.225 e. The summed E-state index contributed by atoms with van der Waals surface area (Å²) in [4.78, 5) is 14.6. The first-order valence-corrected chi connectivity index (χ1v) is 9.01. The van der Waals surface area contributed by atoms with E-state index in [0.717, 1.165) is 12.8 Å². The number of aromatic hydroxyl groups is 1. The number of aliphatic hydroxyl groups excluding tert-OH is 1. The second-order valence-corrected chi connectivity index (χ2v) is 7.76. The molecule has 1 aliphatic rings. The monoisotopic (exact) mass is 333 g/mol. The molecule has 1 saturated carbocycles. The molecule has 1 amide bonds. The molecule has 0 bridgehead atoms. The number of hydrogen-bond acceptors (Lipinski definition) is 3. The van der Waals surface area contributed by atoms with E-state index in [0.29, 0.717) is 23.3 Å². The summed E-state index contributed by atoms with van der Waals surface area (Å²) in [6.07, 6.45) is 2.46. The molecule has 4 nitrogen and oxygen atoms in total. The van der Waals surface area contributed by atoms with E-state index in [1.165, 1.54) is 6.42 Å². The van der Waals surface area contributed by atoms with Crippen LogP contribution in [0.25, 0.3) is 0 Å². The Balaban J connectivity index is 2.04. The zero-order valence-corrected chi connectivity index (χ0v) is 15.3. The molecular formula is C20H31NO3. The van der Waals surface area contributed by atoms with Gasteiger partial charge >= 0.3 is 0 Å². The number of aliphatic hydroxyl groups is 1. The van der Waals surface area contributed by atoms with Gasteiger partial charge in [-0.3, -0.25) is 4.79 Å². The number of phenols is 1. The van der Waals surface area contributed by atoms with Gasteiger partial charge in [0.05, 0.1) is 12.6 Å².